The van der Waals surface area contributed by atoms with Crippen LogP contribution in [-0.4, -0.2) is 18.5 Å². The van der Waals surface area contributed by atoms with Gasteiger partial charge >= 0.3 is 5.97 Å². The largest absolute Gasteiger partial charge is 0.489 e. The van der Waals surface area contributed by atoms with Gasteiger partial charge in [-0.15, -0.1) is 11.6 Å². The summed E-state index contributed by atoms with van der Waals surface area (Å²) in [5, 5.41) is 9.65. The van der Waals surface area contributed by atoms with Crippen LogP contribution in [0.4, 0.5) is 0 Å². The van der Waals surface area contributed by atoms with Crippen LogP contribution in [0.2, 0.25) is 0 Å². The second-order valence-electron chi connectivity index (χ2n) is 6.46. The predicted octanol–water partition coefficient (Wildman–Crippen LogP) is 4.13. The third-order valence-corrected chi connectivity index (χ3v) is 4.82. The van der Waals surface area contributed by atoms with Crippen molar-refractivity contribution in [1.29, 1.82) is 5.26 Å². The van der Waals surface area contributed by atoms with Gasteiger partial charge in [-0.25, -0.2) is 4.79 Å². The van der Waals surface area contributed by atoms with Crippen molar-refractivity contribution < 1.29 is 19.0 Å². The van der Waals surface area contributed by atoms with Crippen LogP contribution < -0.4 is 10.5 Å². The first-order valence-corrected chi connectivity index (χ1v) is 9.92. The van der Waals surface area contributed by atoms with E-state index in [-0.39, 0.29) is 35.3 Å². The number of rotatable bonds is 7. The minimum atomic E-state index is -0.736. The van der Waals surface area contributed by atoms with E-state index in [1.54, 1.807) is 31.2 Å². The third-order valence-electron chi connectivity index (χ3n) is 4.58. The standard InChI is InChI=1S/C23H21ClN2O4/c1-2-28-23(27)21-19(12-24)30-22(26)18(13-25)20(21)16-8-10-17(11-9-16)29-14-15-6-4-3-5-7-15/h3-11,20H,2,12,14,26H2,1H3/t20-/m0/s1. The Morgan fingerprint density at radius 2 is 1.90 bits per heavy atom. The fourth-order valence-corrected chi connectivity index (χ4v) is 3.38. The number of alkyl halides is 1. The first-order chi connectivity index (χ1) is 14.6. The molecule has 0 aliphatic carbocycles. The Labute approximate surface area is 180 Å². The van der Waals surface area contributed by atoms with Crippen molar-refractivity contribution in [2.24, 2.45) is 5.73 Å². The maximum absolute atomic E-state index is 12.6. The number of nitrogens with zero attached hydrogens (tertiary/aromatic N) is 1. The number of carbonyl (C=O) groups excluding carboxylic acids is 1. The van der Waals surface area contributed by atoms with Crippen LogP contribution in [0, 0.1) is 11.3 Å². The SMILES string of the molecule is CCOC(=O)C1=C(CCl)OC(N)=C(C#N)[C@@H]1c1ccc(OCc2ccccc2)cc1. The summed E-state index contributed by atoms with van der Waals surface area (Å²) in [4.78, 5) is 12.6. The first-order valence-electron chi connectivity index (χ1n) is 9.39. The molecule has 0 unspecified atom stereocenters. The van der Waals surface area contributed by atoms with E-state index in [0.29, 0.717) is 17.9 Å². The molecular formula is C23H21ClN2O4. The number of nitrogens with two attached hydrogens (primary N) is 1. The lowest BCUT2D eigenvalue weighted by Gasteiger charge is -2.27. The van der Waals surface area contributed by atoms with E-state index in [0.717, 1.165) is 5.56 Å². The summed E-state index contributed by atoms with van der Waals surface area (Å²) in [7, 11) is 0. The van der Waals surface area contributed by atoms with Gasteiger partial charge in [0.1, 0.15) is 29.8 Å². The lowest BCUT2D eigenvalue weighted by molar-refractivity contribution is -0.139. The number of carbonyl (C=O) groups is 1. The number of nitriles is 1. The minimum Gasteiger partial charge on any atom is -0.489 e. The van der Waals surface area contributed by atoms with E-state index in [1.807, 2.05) is 36.4 Å². The molecule has 0 aromatic heterocycles. The Balaban J connectivity index is 1.91. The topological polar surface area (TPSA) is 94.6 Å². The summed E-state index contributed by atoms with van der Waals surface area (Å²) in [5.41, 5.74) is 7.96. The van der Waals surface area contributed by atoms with E-state index in [4.69, 9.17) is 31.5 Å². The Morgan fingerprint density at radius 1 is 1.20 bits per heavy atom. The predicted molar refractivity (Wildman–Crippen MR) is 112 cm³/mol. The molecule has 0 spiro atoms. The zero-order chi connectivity index (χ0) is 21.5. The zero-order valence-corrected chi connectivity index (χ0v) is 17.2. The molecule has 30 heavy (non-hydrogen) atoms. The summed E-state index contributed by atoms with van der Waals surface area (Å²) in [6, 6.07) is 19.0. The van der Waals surface area contributed by atoms with Gasteiger partial charge in [0, 0.05) is 0 Å². The van der Waals surface area contributed by atoms with Crippen molar-refractivity contribution in [2.45, 2.75) is 19.4 Å². The third kappa shape index (κ3) is 4.58. The fourth-order valence-electron chi connectivity index (χ4n) is 3.18. The number of esters is 1. The highest BCUT2D eigenvalue weighted by atomic mass is 35.5. The number of hydrogen-bond donors (Lipinski definition) is 1. The average Bonchev–Trinajstić information content (AvgIpc) is 2.78. The molecule has 0 bridgehead atoms. The molecular weight excluding hydrogens is 404 g/mol. The molecule has 0 radical (unpaired) electrons. The van der Waals surface area contributed by atoms with Gasteiger partial charge in [0.15, 0.2) is 0 Å². The minimum absolute atomic E-state index is 0.0735. The van der Waals surface area contributed by atoms with Crippen LogP contribution >= 0.6 is 11.6 Å². The molecule has 154 valence electrons. The zero-order valence-electron chi connectivity index (χ0n) is 16.4. The second kappa shape index (κ2) is 9.86. The van der Waals surface area contributed by atoms with E-state index in [2.05, 4.69) is 0 Å². The fraction of sp³-hybridized carbons (Fsp3) is 0.217. The van der Waals surface area contributed by atoms with Crippen LogP contribution in [0.25, 0.3) is 0 Å². The number of benzene rings is 2. The van der Waals surface area contributed by atoms with Gasteiger partial charge < -0.3 is 19.9 Å². The molecule has 1 atom stereocenters. The van der Waals surface area contributed by atoms with Crippen molar-refractivity contribution in [1.82, 2.24) is 0 Å². The van der Waals surface area contributed by atoms with Crippen LogP contribution in [0.15, 0.2) is 77.4 Å². The molecule has 1 aliphatic rings. The molecule has 7 heteroatoms. The number of halogens is 1. The van der Waals surface area contributed by atoms with Crippen molar-refractivity contribution in [2.75, 3.05) is 12.5 Å². The monoisotopic (exact) mass is 424 g/mol. The Bertz CT molecular complexity index is 1010. The molecule has 2 aromatic rings. The van der Waals surface area contributed by atoms with Crippen LogP contribution in [0.3, 0.4) is 0 Å². The number of hydrogen-bond acceptors (Lipinski definition) is 6. The molecule has 6 nitrogen and oxygen atoms in total. The van der Waals surface area contributed by atoms with Crippen molar-refractivity contribution in [3.63, 3.8) is 0 Å². The van der Waals surface area contributed by atoms with Crippen molar-refractivity contribution >= 4 is 17.6 Å². The molecule has 0 saturated heterocycles. The first kappa shape index (κ1) is 21.3. The van der Waals surface area contributed by atoms with E-state index >= 15 is 0 Å². The van der Waals surface area contributed by atoms with E-state index < -0.39 is 11.9 Å². The molecule has 2 N–H and O–H groups in total. The Morgan fingerprint density at radius 3 is 2.50 bits per heavy atom. The Hall–Kier alpha value is -3.43. The molecule has 0 saturated carbocycles. The van der Waals surface area contributed by atoms with Crippen LogP contribution in [0.1, 0.15) is 24.0 Å². The smallest absolute Gasteiger partial charge is 0.338 e. The second-order valence-corrected chi connectivity index (χ2v) is 6.73. The molecule has 0 fully saturated rings. The van der Waals surface area contributed by atoms with Gasteiger partial charge in [0.2, 0.25) is 5.88 Å². The van der Waals surface area contributed by atoms with Gasteiger partial charge in [-0.2, -0.15) is 5.26 Å². The molecule has 2 aromatic carbocycles. The van der Waals surface area contributed by atoms with E-state index in [1.165, 1.54) is 0 Å². The van der Waals surface area contributed by atoms with E-state index in [9.17, 15) is 10.1 Å². The summed E-state index contributed by atoms with van der Waals surface area (Å²) in [6.07, 6.45) is 0. The Kier molecular flexibility index (Phi) is 6.99. The molecule has 1 aliphatic heterocycles. The lowest BCUT2D eigenvalue weighted by atomic mass is 9.83. The highest BCUT2D eigenvalue weighted by Crippen LogP contribution is 2.40. The van der Waals surface area contributed by atoms with Gasteiger partial charge in [0.05, 0.1) is 24.0 Å². The number of allylic oxidation sites excluding steroid dienone is 2. The summed E-state index contributed by atoms with van der Waals surface area (Å²) >= 11 is 5.98. The quantitative estimate of drug-likeness (QED) is 0.530. The maximum atomic E-state index is 12.6. The lowest BCUT2D eigenvalue weighted by Crippen LogP contribution is -2.26. The highest BCUT2D eigenvalue weighted by molar-refractivity contribution is 6.19. The highest BCUT2D eigenvalue weighted by Gasteiger charge is 2.37. The molecule has 1 heterocycles. The molecule has 3 rings (SSSR count). The van der Waals surface area contributed by atoms with Gasteiger partial charge in [0.25, 0.3) is 0 Å². The van der Waals surface area contributed by atoms with Crippen LogP contribution in [-0.2, 0) is 20.9 Å². The summed E-state index contributed by atoms with van der Waals surface area (Å²) in [6.45, 7) is 2.31. The van der Waals surface area contributed by atoms with Crippen LogP contribution in [0.5, 0.6) is 5.75 Å². The maximum Gasteiger partial charge on any atom is 0.338 e. The van der Waals surface area contributed by atoms with Gasteiger partial charge in [-0.05, 0) is 30.2 Å². The summed E-state index contributed by atoms with van der Waals surface area (Å²) in [5.74, 6) is -0.647. The molecule has 0 amide bonds. The van der Waals surface area contributed by atoms with Gasteiger partial charge in [-0.1, -0.05) is 42.5 Å². The normalized spacial score (nSPS) is 16.0. The van der Waals surface area contributed by atoms with Crippen molar-refractivity contribution in [3.05, 3.63) is 88.5 Å². The van der Waals surface area contributed by atoms with Gasteiger partial charge in [-0.3, -0.25) is 0 Å². The summed E-state index contributed by atoms with van der Waals surface area (Å²) < 4.78 is 16.4. The number of ether oxygens (including phenoxy) is 3. The van der Waals surface area contributed by atoms with Crippen molar-refractivity contribution in [3.8, 4) is 11.8 Å². The average molecular weight is 425 g/mol.